The molecule has 0 radical (unpaired) electrons. The van der Waals surface area contributed by atoms with E-state index in [0.717, 1.165) is 19.5 Å². The van der Waals surface area contributed by atoms with Crippen LogP contribution in [0.5, 0.6) is 0 Å². The third kappa shape index (κ3) is 8.01. The minimum Gasteiger partial charge on any atom is -0.358 e. The third-order valence-corrected chi connectivity index (χ3v) is 1.96. The number of nitrogens with one attached hydrogen (secondary N) is 2. The Morgan fingerprint density at radius 1 is 1.43 bits per heavy atom. The van der Waals surface area contributed by atoms with Crippen LogP contribution in [-0.4, -0.2) is 50.6 Å². The lowest BCUT2D eigenvalue weighted by molar-refractivity contribution is -0.121. The fraction of sp³-hybridized carbons (Fsp3) is 0.900. The number of amides is 1. The van der Waals surface area contributed by atoms with E-state index in [1.165, 1.54) is 0 Å². The van der Waals surface area contributed by atoms with Gasteiger partial charge >= 0.3 is 0 Å². The quantitative estimate of drug-likeness (QED) is 0.572. The number of hydrogen-bond acceptors (Lipinski definition) is 3. The summed E-state index contributed by atoms with van der Waals surface area (Å²) in [4.78, 5) is 13.0. The molecule has 0 aliphatic carbocycles. The molecule has 0 heterocycles. The maximum absolute atomic E-state index is 11.0. The first-order valence-corrected chi connectivity index (χ1v) is 5.18. The van der Waals surface area contributed by atoms with E-state index in [-0.39, 0.29) is 5.91 Å². The molecule has 1 amide bonds. The molecular formula is C10H23N3O. The van der Waals surface area contributed by atoms with Gasteiger partial charge in [0.25, 0.3) is 0 Å². The molecule has 84 valence electrons. The van der Waals surface area contributed by atoms with Crippen molar-refractivity contribution in [3.63, 3.8) is 0 Å². The van der Waals surface area contributed by atoms with Gasteiger partial charge in [-0.3, -0.25) is 9.69 Å². The summed E-state index contributed by atoms with van der Waals surface area (Å²) in [6.45, 7) is 6.71. The summed E-state index contributed by atoms with van der Waals surface area (Å²) >= 11 is 0. The summed E-state index contributed by atoms with van der Waals surface area (Å²) in [6, 6.07) is 0.541. The Hall–Kier alpha value is -0.610. The minimum atomic E-state index is 0.0734. The first kappa shape index (κ1) is 13.4. The van der Waals surface area contributed by atoms with Gasteiger partial charge in [0.2, 0.25) is 5.91 Å². The predicted molar refractivity (Wildman–Crippen MR) is 59.3 cm³/mol. The lowest BCUT2D eigenvalue weighted by atomic mass is 10.3. The SMILES string of the molecule is CNC(=O)CN(C)CCCNC(C)C. The molecule has 0 unspecified atom stereocenters. The molecule has 0 spiro atoms. The molecule has 0 aromatic carbocycles. The molecule has 0 aliphatic heterocycles. The third-order valence-electron chi connectivity index (χ3n) is 1.96. The summed E-state index contributed by atoms with van der Waals surface area (Å²) in [5, 5.41) is 5.95. The zero-order valence-corrected chi connectivity index (χ0v) is 9.76. The molecule has 2 N–H and O–H groups in total. The van der Waals surface area contributed by atoms with Gasteiger partial charge in [-0.25, -0.2) is 0 Å². The Labute approximate surface area is 87.0 Å². The number of nitrogens with zero attached hydrogens (tertiary/aromatic N) is 1. The van der Waals surface area contributed by atoms with E-state index < -0.39 is 0 Å². The van der Waals surface area contributed by atoms with Crippen molar-refractivity contribution in [2.75, 3.05) is 33.7 Å². The Balaban J connectivity index is 3.35. The molecule has 4 nitrogen and oxygen atoms in total. The summed E-state index contributed by atoms with van der Waals surface area (Å²) in [7, 11) is 3.63. The van der Waals surface area contributed by atoms with Gasteiger partial charge in [-0.1, -0.05) is 13.8 Å². The van der Waals surface area contributed by atoms with Crippen molar-refractivity contribution in [1.29, 1.82) is 0 Å². The van der Waals surface area contributed by atoms with Gasteiger partial charge in [0, 0.05) is 13.1 Å². The van der Waals surface area contributed by atoms with Gasteiger partial charge in [0.1, 0.15) is 0 Å². The van der Waals surface area contributed by atoms with E-state index >= 15 is 0 Å². The zero-order valence-electron chi connectivity index (χ0n) is 9.76. The number of hydrogen-bond donors (Lipinski definition) is 2. The van der Waals surface area contributed by atoms with Crippen LogP contribution < -0.4 is 10.6 Å². The Morgan fingerprint density at radius 2 is 2.07 bits per heavy atom. The molecule has 14 heavy (non-hydrogen) atoms. The van der Waals surface area contributed by atoms with Crippen LogP contribution in [0.25, 0.3) is 0 Å². The lowest BCUT2D eigenvalue weighted by Crippen LogP contribution is -2.35. The average molecular weight is 201 g/mol. The molecule has 0 atom stereocenters. The van der Waals surface area contributed by atoms with Gasteiger partial charge in [-0.05, 0) is 26.6 Å². The fourth-order valence-corrected chi connectivity index (χ4v) is 1.14. The second-order valence-electron chi connectivity index (χ2n) is 3.87. The monoisotopic (exact) mass is 201 g/mol. The van der Waals surface area contributed by atoms with Crippen LogP contribution in [0.3, 0.4) is 0 Å². The summed E-state index contributed by atoms with van der Waals surface area (Å²) in [5.41, 5.74) is 0. The highest BCUT2D eigenvalue weighted by Crippen LogP contribution is 1.87. The molecule has 0 fully saturated rings. The van der Waals surface area contributed by atoms with Crippen LogP contribution in [-0.2, 0) is 4.79 Å². The second kappa shape index (κ2) is 7.76. The van der Waals surface area contributed by atoms with E-state index in [1.54, 1.807) is 7.05 Å². The standard InChI is InChI=1S/C10H23N3O/c1-9(2)12-6-5-7-13(4)8-10(14)11-3/h9,12H,5-8H2,1-4H3,(H,11,14). The van der Waals surface area contributed by atoms with Crippen molar-refractivity contribution in [2.45, 2.75) is 26.3 Å². The minimum absolute atomic E-state index is 0.0734. The van der Waals surface area contributed by atoms with E-state index in [9.17, 15) is 4.79 Å². The number of carbonyl (C=O) groups excluding carboxylic acids is 1. The summed E-state index contributed by atoms with van der Waals surface area (Å²) in [5.74, 6) is 0.0734. The highest BCUT2D eigenvalue weighted by molar-refractivity contribution is 5.77. The van der Waals surface area contributed by atoms with Crippen molar-refractivity contribution in [3.05, 3.63) is 0 Å². The van der Waals surface area contributed by atoms with Crippen LogP contribution >= 0.6 is 0 Å². The Morgan fingerprint density at radius 3 is 2.57 bits per heavy atom. The Kier molecular flexibility index (Phi) is 7.42. The average Bonchev–Trinajstić information content (AvgIpc) is 2.12. The van der Waals surface area contributed by atoms with Crippen molar-refractivity contribution in [3.8, 4) is 0 Å². The topological polar surface area (TPSA) is 44.4 Å². The van der Waals surface area contributed by atoms with E-state index in [4.69, 9.17) is 0 Å². The molecule has 0 aliphatic rings. The summed E-state index contributed by atoms with van der Waals surface area (Å²) < 4.78 is 0. The molecule has 4 heteroatoms. The molecule has 0 bridgehead atoms. The van der Waals surface area contributed by atoms with Gasteiger partial charge in [-0.15, -0.1) is 0 Å². The molecular weight excluding hydrogens is 178 g/mol. The van der Waals surface area contributed by atoms with Crippen LogP contribution in [0.1, 0.15) is 20.3 Å². The van der Waals surface area contributed by atoms with Crippen molar-refractivity contribution in [2.24, 2.45) is 0 Å². The van der Waals surface area contributed by atoms with Gasteiger partial charge in [0.05, 0.1) is 6.54 Å². The molecule has 0 aromatic heterocycles. The molecule has 0 saturated carbocycles. The fourth-order valence-electron chi connectivity index (χ4n) is 1.14. The van der Waals surface area contributed by atoms with Gasteiger partial charge < -0.3 is 10.6 Å². The maximum atomic E-state index is 11.0. The maximum Gasteiger partial charge on any atom is 0.233 e. The number of rotatable bonds is 7. The van der Waals surface area contributed by atoms with Gasteiger partial charge in [-0.2, -0.15) is 0 Å². The number of carbonyl (C=O) groups is 1. The largest absolute Gasteiger partial charge is 0.358 e. The molecule has 0 aromatic rings. The zero-order chi connectivity index (χ0) is 11.0. The normalized spacial score (nSPS) is 11.0. The highest BCUT2D eigenvalue weighted by atomic mass is 16.1. The van der Waals surface area contributed by atoms with Crippen LogP contribution in [0, 0.1) is 0 Å². The van der Waals surface area contributed by atoms with Gasteiger partial charge in [0.15, 0.2) is 0 Å². The van der Waals surface area contributed by atoms with Crippen molar-refractivity contribution < 1.29 is 4.79 Å². The smallest absolute Gasteiger partial charge is 0.233 e. The molecule has 0 rings (SSSR count). The number of likely N-dealkylation sites (N-methyl/N-ethyl adjacent to an activating group) is 2. The lowest BCUT2D eigenvalue weighted by Gasteiger charge is -2.16. The van der Waals surface area contributed by atoms with Crippen LogP contribution in [0.2, 0.25) is 0 Å². The Bertz CT molecular complexity index is 159. The summed E-state index contributed by atoms with van der Waals surface area (Å²) in [6.07, 6.45) is 1.08. The van der Waals surface area contributed by atoms with Crippen molar-refractivity contribution in [1.82, 2.24) is 15.5 Å². The molecule has 0 saturated heterocycles. The van der Waals surface area contributed by atoms with E-state index in [1.807, 2.05) is 11.9 Å². The first-order valence-electron chi connectivity index (χ1n) is 5.18. The predicted octanol–water partition coefficient (Wildman–Crippen LogP) is 0.0523. The van der Waals surface area contributed by atoms with E-state index in [2.05, 4.69) is 24.5 Å². The van der Waals surface area contributed by atoms with E-state index in [0.29, 0.717) is 12.6 Å². The first-order chi connectivity index (χ1) is 6.56. The van der Waals surface area contributed by atoms with Crippen LogP contribution in [0.15, 0.2) is 0 Å². The van der Waals surface area contributed by atoms with Crippen molar-refractivity contribution >= 4 is 5.91 Å². The van der Waals surface area contributed by atoms with Crippen LogP contribution in [0.4, 0.5) is 0 Å². The highest BCUT2D eigenvalue weighted by Gasteiger charge is 2.03. The second-order valence-corrected chi connectivity index (χ2v) is 3.87.